The first-order chi connectivity index (χ1) is 10.1. The van der Waals surface area contributed by atoms with Crippen LogP contribution >= 0.6 is 22.6 Å². The number of carbonyl (C=O) groups is 1. The molecule has 0 spiro atoms. The average molecular weight is 388 g/mol. The van der Waals surface area contributed by atoms with Crippen LogP contribution in [0.5, 0.6) is 0 Å². The highest BCUT2D eigenvalue weighted by Crippen LogP contribution is 2.23. The Morgan fingerprint density at radius 2 is 1.90 bits per heavy atom. The molecule has 104 valence electrons. The number of fused-ring (bicyclic) bond motifs is 1. The molecule has 0 aliphatic heterocycles. The highest BCUT2D eigenvalue weighted by Gasteiger charge is 2.09. The predicted octanol–water partition coefficient (Wildman–Crippen LogP) is 4.40. The number of halogens is 1. The van der Waals surface area contributed by atoms with Crippen LogP contribution in [0.25, 0.3) is 10.9 Å². The first kappa shape index (κ1) is 14.0. The number of hydrogen-bond acceptors (Lipinski definition) is 2. The summed E-state index contributed by atoms with van der Waals surface area (Å²) in [6.45, 7) is 1.95. The largest absolute Gasteiger partial charge is 0.321 e. The lowest BCUT2D eigenvalue weighted by molar-refractivity contribution is 0.102. The van der Waals surface area contributed by atoms with Crippen molar-refractivity contribution in [3.8, 4) is 0 Å². The Labute approximate surface area is 136 Å². The second-order valence-electron chi connectivity index (χ2n) is 4.79. The van der Waals surface area contributed by atoms with Gasteiger partial charge in [-0.3, -0.25) is 9.78 Å². The van der Waals surface area contributed by atoms with E-state index in [0.717, 1.165) is 25.9 Å². The molecule has 0 unspecified atom stereocenters. The number of aryl methyl sites for hydroxylation is 1. The zero-order chi connectivity index (χ0) is 14.8. The Kier molecular flexibility index (Phi) is 3.88. The lowest BCUT2D eigenvalue weighted by Crippen LogP contribution is -2.12. The molecular formula is C17H13IN2O. The number of rotatable bonds is 2. The van der Waals surface area contributed by atoms with E-state index < -0.39 is 0 Å². The minimum Gasteiger partial charge on any atom is -0.321 e. The summed E-state index contributed by atoms with van der Waals surface area (Å²) in [5, 5.41) is 3.91. The van der Waals surface area contributed by atoms with E-state index in [0.29, 0.717) is 5.56 Å². The lowest BCUT2D eigenvalue weighted by Gasteiger charge is -2.09. The molecule has 1 N–H and O–H groups in total. The quantitative estimate of drug-likeness (QED) is 0.662. The monoisotopic (exact) mass is 388 g/mol. The normalized spacial score (nSPS) is 10.6. The number of amides is 1. The molecule has 0 saturated carbocycles. The highest BCUT2D eigenvalue weighted by atomic mass is 127. The van der Waals surface area contributed by atoms with Gasteiger partial charge >= 0.3 is 0 Å². The van der Waals surface area contributed by atoms with Crippen molar-refractivity contribution in [2.45, 2.75) is 6.92 Å². The first-order valence-corrected chi connectivity index (χ1v) is 7.65. The second-order valence-corrected chi connectivity index (χ2v) is 6.03. The van der Waals surface area contributed by atoms with Gasteiger partial charge in [-0.15, -0.1) is 0 Å². The molecule has 3 aromatic rings. The third-order valence-corrected chi connectivity index (χ3v) is 3.88. The third-order valence-electron chi connectivity index (χ3n) is 3.21. The molecule has 2 aromatic carbocycles. The Balaban J connectivity index is 1.96. The molecular weight excluding hydrogens is 375 g/mol. The van der Waals surface area contributed by atoms with Crippen LogP contribution in [0.2, 0.25) is 0 Å². The van der Waals surface area contributed by atoms with Crippen molar-refractivity contribution in [3.63, 3.8) is 0 Å². The summed E-state index contributed by atoms with van der Waals surface area (Å²) >= 11 is 2.20. The third kappa shape index (κ3) is 3.05. The molecule has 0 saturated heterocycles. The number of nitrogens with one attached hydrogen (secondary N) is 1. The lowest BCUT2D eigenvalue weighted by atomic mass is 10.1. The number of hydrogen-bond donors (Lipinski definition) is 1. The molecule has 0 radical (unpaired) electrons. The van der Waals surface area contributed by atoms with E-state index in [4.69, 9.17) is 0 Å². The molecule has 0 bridgehead atoms. The van der Waals surface area contributed by atoms with Crippen LogP contribution in [0.3, 0.4) is 0 Å². The van der Waals surface area contributed by atoms with Gasteiger partial charge in [-0.2, -0.15) is 0 Å². The Hall–Kier alpha value is -1.95. The van der Waals surface area contributed by atoms with Crippen molar-refractivity contribution in [2.75, 3.05) is 5.32 Å². The van der Waals surface area contributed by atoms with Gasteiger partial charge in [-0.25, -0.2) is 0 Å². The van der Waals surface area contributed by atoms with Crippen molar-refractivity contribution >= 4 is 45.1 Å². The van der Waals surface area contributed by atoms with Crippen LogP contribution in [-0.4, -0.2) is 10.9 Å². The van der Waals surface area contributed by atoms with Crippen LogP contribution in [0.15, 0.2) is 54.6 Å². The van der Waals surface area contributed by atoms with E-state index in [1.807, 2.05) is 61.5 Å². The predicted molar refractivity (Wildman–Crippen MR) is 93.6 cm³/mol. The Morgan fingerprint density at radius 1 is 1.10 bits per heavy atom. The summed E-state index contributed by atoms with van der Waals surface area (Å²) in [4.78, 5) is 16.8. The maximum absolute atomic E-state index is 12.3. The van der Waals surface area contributed by atoms with E-state index in [9.17, 15) is 4.79 Å². The van der Waals surface area contributed by atoms with Gasteiger partial charge in [0, 0.05) is 20.2 Å². The summed E-state index contributed by atoms with van der Waals surface area (Å²) in [5.41, 5.74) is 3.28. The maximum atomic E-state index is 12.3. The van der Waals surface area contributed by atoms with Gasteiger partial charge in [0.15, 0.2) is 0 Å². The molecule has 1 aromatic heterocycles. The fourth-order valence-electron chi connectivity index (χ4n) is 2.19. The van der Waals surface area contributed by atoms with Gasteiger partial charge in [-0.1, -0.05) is 12.1 Å². The Bertz CT molecular complexity index is 830. The van der Waals surface area contributed by atoms with Gasteiger partial charge in [0.1, 0.15) is 0 Å². The van der Waals surface area contributed by atoms with Crippen LogP contribution in [0.4, 0.5) is 5.69 Å². The minimum absolute atomic E-state index is 0.110. The van der Waals surface area contributed by atoms with Gasteiger partial charge in [-0.05, 0) is 72.0 Å². The first-order valence-electron chi connectivity index (χ1n) is 6.57. The van der Waals surface area contributed by atoms with Crippen LogP contribution < -0.4 is 5.32 Å². The summed E-state index contributed by atoms with van der Waals surface area (Å²) in [5.74, 6) is -0.110. The van der Waals surface area contributed by atoms with Gasteiger partial charge in [0.05, 0.1) is 11.2 Å². The zero-order valence-corrected chi connectivity index (χ0v) is 13.6. The number of benzene rings is 2. The smallest absolute Gasteiger partial charge is 0.255 e. The molecule has 3 nitrogen and oxygen atoms in total. The SMILES string of the molecule is Cc1ccc2c(NC(=O)c3cccc(I)c3)cccc2n1. The van der Waals surface area contributed by atoms with Gasteiger partial charge in [0.25, 0.3) is 5.91 Å². The van der Waals surface area contributed by atoms with E-state index >= 15 is 0 Å². The molecule has 4 heteroatoms. The fraction of sp³-hybridized carbons (Fsp3) is 0.0588. The second kappa shape index (κ2) is 5.81. The van der Waals surface area contributed by atoms with Crippen LogP contribution in [0.1, 0.15) is 16.1 Å². The Morgan fingerprint density at radius 3 is 2.71 bits per heavy atom. The number of pyridine rings is 1. The molecule has 21 heavy (non-hydrogen) atoms. The van der Waals surface area contributed by atoms with E-state index in [1.165, 1.54) is 0 Å². The molecule has 0 aliphatic carbocycles. The molecule has 0 aliphatic rings. The number of anilines is 1. The van der Waals surface area contributed by atoms with E-state index in [1.54, 1.807) is 0 Å². The minimum atomic E-state index is -0.110. The van der Waals surface area contributed by atoms with Crippen molar-refractivity contribution in [1.29, 1.82) is 0 Å². The van der Waals surface area contributed by atoms with Crippen molar-refractivity contribution < 1.29 is 4.79 Å². The zero-order valence-electron chi connectivity index (χ0n) is 11.4. The highest BCUT2D eigenvalue weighted by molar-refractivity contribution is 14.1. The van der Waals surface area contributed by atoms with Crippen molar-refractivity contribution in [2.24, 2.45) is 0 Å². The number of aromatic nitrogens is 1. The van der Waals surface area contributed by atoms with Crippen molar-refractivity contribution in [1.82, 2.24) is 4.98 Å². The van der Waals surface area contributed by atoms with Gasteiger partial charge < -0.3 is 5.32 Å². The standard InChI is InChI=1S/C17H13IN2O/c1-11-8-9-14-15(19-11)6-3-7-16(14)20-17(21)12-4-2-5-13(18)10-12/h2-10H,1H3,(H,20,21). The maximum Gasteiger partial charge on any atom is 0.255 e. The number of carbonyl (C=O) groups excluding carboxylic acids is 1. The van der Waals surface area contributed by atoms with E-state index in [-0.39, 0.29) is 5.91 Å². The molecule has 1 amide bonds. The summed E-state index contributed by atoms with van der Waals surface area (Å²) < 4.78 is 1.04. The summed E-state index contributed by atoms with van der Waals surface area (Å²) in [6.07, 6.45) is 0. The van der Waals surface area contributed by atoms with Crippen molar-refractivity contribution in [3.05, 3.63) is 69.4 Å². The van der Waals surface area contributed by atoms with Crippen LogP contribution in [0, 0.1) is 10.5 Å². The molecule has 0 atom stereocenters. The summed E-state index contributed by atoms with van der Waals surface area (Å²) in [7, 11) is 0. The molecule has 3 rings (SSSR count). The van der Waals surface area contributed by atoms with Crippen LogP contribution in [-0.2, 0) is 0 Å². The average Bonchev–Trinajstić information content (AvgIpc) is 2.47. The number of nitrogens with zero attached hydrogens (tertiary/aromatic N) is 1. The molecule has 0 fully saturated rings. The van der Waals surface area contributed by atoms with Gasteiger partial charge in [0.2, 0.25) is 0 Å². The molecule has 1 heterocycles. The summed E-state index contributed by atoms with van der Waals surface area (Å²) in [6, 6.07) is 17.2. The topological polar surface area (TPSA) is 42.0 Å². The van der Waals surface area contributed by atoms with E-state index in [2.05, 4.69) is 32.9 Å². The fourth-order valence-corrected chi connectivity index (χ4v) is 2.73.